The van der Waals surface area contributed by atoms with Crippen LogP contribution in [0.5, 0.6) is 0 Å². The molecule has 0 saturated carbocycles. The van der Waals surface area contributed by atoms with Crippen LogP contribution in [-0.4, -0.2) is 58.4 Å². The lowest BCUT2D eigenvalue weighted by Gasteiger charge is -2.42. The van der Waals surface area contributed by atoms with Crippen molar-refractivity contribution in [1.82, 2.24) is 14.8 Å². The van der Waals surface area contributed by atoms with Crippen molar-refractivity contribution >= 4 is 11.8 Å². The minimum Gasteiger partial charge on any atom is -0.372 e. The highest BCUT2D eigenvalue weighted by molar-refractivity contribution is 5.92. The maximum Gasteiger partial charge on any atom is 0.272 e. The number of likely N-dealkylation sites (tertiary alicyclic amines) is 1. The number of hydrogen-bond acceptors (Lipinski definition) is 4. The van der Waals surface area contributed by atoms with E-state index in [1.165, 1.54) is 5.56 Å². The lowest BCUT2D eigenvalue weighted by atomic mass is 9.90. The fraction of sp³-hybridized carbons (Fsp3) is 0.435. The summed E-state index contributed by atoms with van der Waals surface area (Å²) in [5.41, 5.74) is 2.43. The first-order valence-corrected chi connectivity index (χ1v) is 10.2. The standard InChI is InChI=1S/C23H27N3O3/c1-18-5-7-19(8-6-18)16-26-17-23(29-15-9-21(26)27)10-13-25(14-11-23)22(28)20-4-2-3-12-24-20/h2-8,12H,9-11,13-17H2,1H3. The van der Waals surface area contributed by atoms with Gasteiger partial charge in [0.15, 0.2) is 0 Å². The Kier molecular flexibility index (Phi) is 5.62. The summed E-state index contributed by atoms with van der Waals surface area (Å²) in [6, 6.07) is 13.7. The monoisotopic (exact) mass is 393 g/mol. The Labute approximate surface area is 171 Å². The number of hydrogen-bond donors (Lipinski definition) is 0. The molecule has 0 aliphatic carbocycles. The molecular weight excluding hydrogens is 366 g/mol. The van der Waals surface area contributed by atoms with Crippen LogP contribution in [0.3, 0.4) is 0 Å². The maximum absolute atomic E-state index is 12.7. The number of piperidine rings is 1. The van der Waals surface area contributed by atoms with Crippen molar-refractivity contribution < 1.29 is 14.3 Å². The molecule has 2 amide bonds. The molecule has 0 radical (unpaired) electrons. The van der Waals surface area contributed by atoms with Crippen molar-refractivity contribution in [1.29, 1.82) is 0 Å². The third-order valence-electron chi connectivity index (χ3n) is 5.90. The SMILES string of the molecule is Cc1ccc(CN2CC3(CCN(C(=O)c4ccccn4)CC3)OCCC2=O)cc1. The van der Waals surface area contributed by atoms with E-state index in [2.05, 4.69) is 36.2 Å². The number of pyridine rings is 1. The fourth-order valence-electron chi connectivity index (χ4n) is 4.12. The van der Waals surface area contributed by atoms with Crippen LogP contribution in [0.1, 0.15) is 40.9 Å². The zero-order valence-corrected chi connectivity index (χ0v) is 16.8. The maximum atomic E-state index is 12.7. The molecule has 6 nitrogen and oxygen atoms in total. The van der Waals surface area contributed by atoms with Crippen LogP contribution in [0.4, 0.5) is 0 Å². The first kappa shape index (κ1) is 19.6. The van der Waals surface area contributed by atoms with E-state index in [1.54, 1.807) is 18.3 Å². The summed E-state index contributed by atoms with van der Waals surface area (Å²) >= 11 is 0. The highest BCUT2D eigenvalue weighted by Crippen LogP contribution is 2.31. The highest BCUT2D eigenvalue weighted by Gasteiger charge is 2.41. The molecule has 29 heavy (non-hydrogen) atoms. The van der Waals surface area contributed by atoms with E-state index in [0.29, 0.717) is 44.9 Å². The van der Waals surface area contributed by atoms with Gasteiger partial charge in [-0.25, -0.2) is 0 Å². The summed E-state index contributed by atoms with van der Waals surface area (Å²) in [5, 5.41) is 0. The van der Waals surface area contributed by atoms with Gasteiger partial charge in [0.2, 0.25) is 5.91 Å². The van der Waals surface area contributed by atoms with Crippen LogP contribution >= 0.6 is 0 Å². The highest BCUT2D eigenvalue weighted by atomic mass is 16.5. The second-order valence-electron chi connectivity index (χ2n) is 8.02. The first-order valence-electron chi connectivity index (χ1n) is 10.2. The minimum atomic E-state index is -0.377. The summed E-state index contributed by atoms with van der Waals surface area (Å²) < 4.78 is 6.21. The number of amides is 2. The summed E-state index contributed by atoms with van der Waals surface area (Å²) in [4.78, 5) is 33.3. The van der Waals surface area contributed by atoms with Crippen molar-refractivity contribution in [3.63, 3.8) is 0 Å². The van der Waals surface area contributed by atoms with Crippen LogP contribution in [-0.2, 0) is 16.1 Å². The van der Waals surface area contributed by atoms with Crippen molar-refractivity contribution in [2.24, 2.45) is 0 Å². The molecule has 2 saturated heterocycles. The van der Waals surface area contributed by atoms with Gasteiger partial charge in [0.25, 0.3) is 5.91 Å². The Morgan fingerprint density at radius 1 is 1.14 bits per heavy atom. The Balaban J connectivity index is 1.43. The topological polar surface area (TPSA) is 62.7 Å². The zero-order chi connectivity index (χ0) is 20.3. The third-order valence-corrected chi connectivity index (χ3v) is 5.90. The summed E-state index contributed by atoms with van der Waals surface area (Å²) in [6.45, 7) is 4.90. The molecule has 1 spiro atoms. The van der Waals surface area contributed by atoms with Crippen molar-refractivity contribution in [3.8, 4) is 0 Å². The van der Waals surface area contributed by atoms with Gasteiger partial charge in [0.05, 0.1) is 25.2 Å². The number of nitrogens with zero attached hydrogens (tertiary/aromatic N) is 3. The van der Waals surface area contributed by atoms with Gasteiger partial charge in [0.1, 0.15) is 5.69 Å². The molecule has 6 heteroatoms. The fourth-order valence-corrected chi connectivity index (χ4v) is 4.12. The number of ether oxygens (including phenoxy) is 1. The molecule has 1 aromatic heterocycles. The van der Waals surface area contributed by atoms with Gasteiger partial charge < -0.3 is 14.5 Å². The molecule has 0 atom stereocenters. The average Bonchev–Trinajstić information content (AvgIpc) is 2.89. The van der Waals surface area contributed by atoms with E-state index >= 15 is 0 Å². The van der Waals surface area contributed by atoms with Crippen LogP contribution in [0.15, 0.2) is 48.7 Å². The number of rotatable bonds is 3. The average molecular weight is 393 g/mol. The molecule has 0 unspecified atom stereocenters. The zero-order valence-electron chi connectivity index (χ0n) is 16.8. The minimum absolute atomic E-state index is 0.0401. The molecule has 2 aromatic rings. The van der Waals surface area contributed by atoms with E-state index in [1.807, 2.05) is 15.9 Å². The molecule has 0 bridgehead atoms. The predicted octanol–water partition coefficient (Wildman–Crippen LogP) is 2.81. The van der Waals surface area contributed by atoms with Gasteiger partial charge >= 0.3 is 0 Å². The number of carbonyl (C=O) groups is 2. The Bertz CT molecular complexity index is 859. The lowest BCUT2D eigenvalue weighted by molar-refractivity contribution is -0.132. The van der Waals surface area contributed by atoms with Crippen LogP contribution in [0.25, 0.3) is 0 Å². The quantitative estimate of drug-likeness (QED) is 0.805. The first-order chi connectivity index (χ1) is 14.0. The van der Waals surface area contributed by atoms with Crippen LogP contribution in [0, 0.1) is 6.92 Å². The van der Waals surface area contributed by atoms with Gasteiger partial charge in [-0.05, 0) is 37.5 Å². The van der Waals surface area contributed by atoms with E-state index in [4.69, 9.17) is 4.74 Å². The van der Waals surface area contributed by atoms with E-state index in [9.17, 15) is 9.59 Å². The second kappa shape index (κ2) is 8.33. The smallest absolute Gasteiger partial charge is 0.272 e. The molecule has 2 aliphatic heterocycles. The molecule has 152 valence electrons. The van der Waals surface area contributed by atoms with Gasteiger partial charge in [-0.15, -0.1) is 0 Å². The Morgan fingerprint density at radius 3 is 2.59 bits per heavy atom. The molecular formula is C23H27N3O3. The van der Waals surface area contributed by atoms with Gasteiger partial charge in [-0.2, -0.15) is 0 Å². The Morgan fingerprint density at radius 2 is 1.90 bits per heavy atom. The van der Waals surface area contributed by atoms with Crippen LogP contribution < -0.4 is 0 Å². The molecule has 0 N–H and O–H groups in total. The van der Waals surface area contributed by atoms with E-state index < -0.39 is 0 Å². The molecule has 3 heterocycles. The van der Waals surface area contributed by atoms with E-state index in [-0.39, 0.29) is 17.4 Å². The van der Waals surface area contributed by atoms with E-state index in [0.717, 1.165) is 18.4 Å². The van der Waals surface area contributed by atoms with Gasteiger partial charge in [-0.1, -0.05) is 35.9 Å². The normalized spacial score (nSPS) is 19.3. The molecule has 4 rings (SSSR count). The van der Waals surface area contributed by atoms with Crippen molar-refractivity contribution in [2.75, 3.05) is 26.2 Å². The summed E-state index contributed by atoms with van der Waals surface area (Å²) in [5.74, 6) is 0.0936. The second-order valence-corrected chi connectivity index (χ2v) is 8.02. The van der Waals surface area contributed by atoms with Crippen molar-refractivity contribution in [3.05, 3.63) is 65.5 Å². The third kappa shape index (κ3) is 4.48. The van der Waals surface area contributed by atoms with Gasteiger partial charge in [0, 0.05) is 25.8 Å². The summed E-state index contributed by atoms with van der Waals surface area (Å²) in [7, 11) is 0. The molecule has 1 aromatic carbocycles. The number of aromatic nitrogens is 1. The lowest BCUT2D eigenvalue weighted by Crippen LogP contribution is -2.53. The number of carbonyl (C=O) groups excluding carboxylic acids is 2. The Hall–Kier alpha value is -2.73. The summed E-state index contributed by atoms with van der Waals surface area (Å²) in [6.07, 6.45) is 3.50. The van der Waals surface area contributed by atoms with Gasteiger partial charge in [-0.3, -0.25) is 14.6 Å². The number of benzene rings is 1. The predicted molar refractivity (Wildman–Crippen MR) is 109 cm³/mol. The van der Waals surface area contributed by atoms with Crippen molar-refractivity contribution in [2.45, 2.75) is 38.3 Å². The largest absolute Gasteiger partial charge is 0.372 e. The van der Waals surface area contributed by atoms with Crippen LogP contribution in [0.2, 0.25) is 0 Å². The number of aryl methyl sites for hydroxylation is 1. The molecule has 2 aliphatic rings. The molecule has 2 fully saturated rings.